The summed E-state index contributed by atoms with van der Waals surface area (Å²) < 4.78 is 5.68. The molecular weight excluding hydrogens is 248 g/mol. The van der Waals surface area contributed by atoms with Crippen LogP contribution >= 0.6 is 11.6 Å². The van der Waals surface area contributed by atoms with Gasteiger partial charge in [-0.1, -0.05) is 17.7 Å². The van der Waals surface area contributed by atoms with Crippen molar-refractivity contribution in [3.63, 3.8) is 0 Å². The molecule has 1 heterocycles. The number of rotatable bonds is 1. The van der Waals surface area contributed by atoms with E-state index in [1.807, 2.05) is 31.2 Å². The van der Waals surface area contributed by atoms with Crippen LogP contribution in [-0.4, -0.2) is 4.98 Å². The zero-order chi connectivity index (χ0) is 12.7. The Bertz CT molecular complexity index is 734. The van der Waals surface area contributed by atoms with E-state index in [0.29, 0.717) is 22.2 Å². The summed E-state index contributed by atoms with van der Waals surface area (Å²) in [6.07, 6.45) is 0. The molecule has 0 aliphatic rings. The van der Waals surface area contributed by atoms with Crippen molar-refractivity contribution in [3.05, 3.63) is 47.0 Å². The Balaban J connectivity index is 2.19. The molecule has 0 bridgehead atoms. The van der Waals surface area contributed by atoms with Crippen LogP contribution in [0.2, 0.25) is 5.02 Å². The number of halogens is 1. The molecule has 0 saturated heterocycles. The second kappa shape index (κ2) is 4.03. The van der Waals surface area contributed by atoms with Crippen molar-refractivity contribution in [3.8, 4) is 11.5 Å². The summed E-state index contributed by atoms with van der Waals surface area (Å²) in [4.78, 5) is 4.41. The van der Waals surface area contributed by atoms with Gasteiger partial charge < -0.3 is 10.2 Å². The molecule has 3 nitrogen and oxygen atoms in total. The fraction of sp³-hybridized carbons (Fsp3) is 0.0714. The molecule has 3 rings (SSSR count). The minimum absolute atomic E-state index is 0.514. The van der Waals surface area contributed by atoms with E-state index in [1.54, 1.807) is 12.1 Å². The SMILES string of the molecule is Cc1ccc(-c2nc3ccc(N)cc3o2)c(Cl)c1. The summed E-state index contributed by atoms with van der Waals surface area (Å²) in [5, 5.41) is 0.634. The Morgan fingerprint density at radius 3 is 2.78 bits per heavy atom. The fourth-order valence-corrected chi connectivity index (χ4v) is 2.17. The highest BCUT2D eigenvalue weighted by Gasteiger charge is 2.11. The van der Waals surface area contributed by atoms with Crippen LogP contribution in [0.4, 0.5) is 5.69 Å². The molecule has 2 N–H and O–H groups in total. The molecule has 0 atom stereocenters. The van der Waals surface area contributed by atoms with Gasteiger partial charge in [0.2, 0.25) is 5.89 Å². The topological polar surface area (TPSA) is 52.0 Å². The number of benzene rings is 2. The lowest BCUT2D eigenvalue weighted by Crippen LogP contribution is -1.81. The molecule has 18 heavy (non-hydrogen) atoms. The van der Waals surface area contributed by atoms with E-state index >= 15 is 0 Å². The van der Waals surface area contributed by atoms with E-state index in [1.165, 1.54) is 0 Å². The molecule has 4 heteroatoms. The van der Waals surface area contributed by atoms with Crippen LogP contribution in [0.1, 0.15) is 5.56 Å². The van der Waals surface area contributed by atoms with Crippen LogP contribution < -0.4 is 5.73 Å². The second-order valence-electron chi connectivity index (χ2n) is 4.23. The maximum Gasteiger partial charge on any atom is 0.228 e. The van der Waals surface area contributed by atoms with Gasteiger partial charge in [-0.25, -0.2) is 4.98 Å². The lowest BCUT2D eigenvalue weighted by molar-refractivity contribution is 0.620. The van der Waals surface area contributed by atoms with Gasteiger partial charge in [-0.15, -0.1) is 0 Å². The van der Waals surface area contributed by atoms with Gasteiger partial charge in [0.1, 0.15) is 5.52 Å². The van der Waals surface area contributed by atoms with Gasteiger partial charge in [0, 0.05) is 11.8 Å². The smallest absolute Gasteiger partial charge is 0.228 e. The second-order valence-corrected chi connectivity index (χ2v) is 4.64. The van der Waals surface area contributed by atoms with Crippen LogP contribution in [0, 0.1) is 6.92 Å². The zero-order valence-electron chi connectivity index (χ0n) is 9.77. The third kappa shape index (κ3) is 1.83. The number of hydrogen-bond donors (Lipinski definition) is 1. The minimum Gasteiger partial charge on any atom is -0.436 e. The normalized spacial score (nSPS) is 11.0. The summed E-state index contributed by atoms with van der Waals surface area (Å²) in [6.45, 7) is 1.99. The molecule has 0 radical (unpaired) electrons. The first-order valence-electron chi connectivity index (χ1n) is 5.56. The Morgan fingerprint density at radius 1 is 1.17 bits per heavy atom. The predicted octanol–water partition coefficient (Wildman–Crippen LogP) is 4.04. The first-order valence-corrected chi connectivity index (χ1v) is 5.94. The molecule has 2 aromatic carbocycles. The third-order valence-electron chi connectivity index (χ3n) is 2.77. The van der Waals surface area contributed by atoms with Crippen molar-refractivity contribution in [2.45, 2.75) is 6.92 Å². The molecular formula is C14H11ClN2O. The van der Waals surface area contributed by atoms with Gasteiger partial charge >= 0.3 is 0 Å². The summed E-state index contributed by atoms with van der Waals surface area (Å²) in [6, 6.07) is 11.2. The average molecular weight is 259 g/mol. The van der Waals surface area contributed by atoms with Crippen LogP contribution in [0.25, 0.3) is 22.6 Å². The first kappa shape index (κ1) is 11.1. The van der Waals surface area contributed by atoms with Crippen molar-refractivity contribution < 1.29 is 4.42 Å². The lowest BCUT2D eigenvalue weighted by Gasteiger charge is -2.00. The average Bonchev–Trinajstić information content (AvgIpc) is 2.71. The van der Waals surface area contributed by atoms with E-state index in [4.69, 9.17) is 21.8 Å². The molecule has 0 fully saturated rings. The number of hydrogen-bond acceptors (Lipinski definition) is 3. The highest BCUT2D eigenvalue weighted by Crippen LogP contribution is 2.31. The maximum absolute atomic E-state index is 6.20. The molecule has 0 amide bonds. The maximum atomic E-state index is 6.20. The molecule has 3 aromatic rings. The standard InChI is InChI=1S/C14H11ClN2O/c1-8-2-4-10(11(15)6-8)14-17-12-5-3-9(16)7-13(12)18-14/h2-7H,16H2,1H3. The van der Waals surface area contributed by atoms with E-state index < -0.39 is 0 Å². The van der Waals surface area contributed by atoms with E-state index in [-0.39, 0.29) is 0 Å². The molecule has 0 spiro atoms. The number of aryl methyl sites for hydroxylation is 1. The van der Waals surface area contributed by atoms with Crippen molar-refractivity contribution in [1.82, 2.24) is 4.98 Å². The lowest BCUT2D eigenvalue weighted by atomic mass is 10.1. The van der Waals surface area contributed by atoms with Gasteiger partial charge in [-0.2, -0.15) is 0 Å². The van der Waals surface area contributed by atoms with Crippen LogP contribution in [0.3, 0.4) is 0 Å². The van der Waals surface area contributed by atoms with Crippen LogP contribution in [0.15, 0.2) is 40.8 Å². The monoisotopic (exact) mass is 258 g/mol. The van der Waals surface area contributed by atoms with Crippen molar-refractivity contribution in [1.29, 1.82) is 0 Å². The number of fused-ring (bicyclic) bond motifs is 1. The Labute approximate surface area is 109 Å². The number of nitrogens with zero attached hydrogens (tertiary/aromatic N) is 1. The molecule has 0 aliphatic heterocycles. The molecule has 0 unspecified atom stereocenters. The first-order chi connectivity index (χ1) is 8.63. The molecule has 0 aliphatic carbocycles. The van der Waals surface area contributed by atoms with Gasteiger partial charge in [0.25, 0.3) is 0 Å². The zero-order valence-corrected chi connectivity index (χ0v) is 10.5. The summed E-state index contributed by atoms with van der Waals surface area (Å²) in [5.41, 5.74) is 9.69. The van der Waals surface area contributed by atoms with E-state index in [2.05, 4.69) is 4.98 Å². The largest absolute Gasteiger partial charge is 0.436 e. The summed E-state index contributed by atoms with van der Waals surface area (Å²) in [5.74, 6) is 0.514. The Kier molecular flexibility index (Phi) is 2.49. The third-order valence-corrected chi connectivity index (χ3v) is 3.08. The predicted molar refractivity (Wildman–Crippen MR) is 73.6 cm³/mol. The number of aromatic nitrogens is 1. The number of nitrogen functional groups attached to an aromatic ring is 1. The molecule has 0 saturated carbocycles. The van der Waals surface area contributed by atoms with Gasteiger partial charge in [0.05, 0.1) is 10.6 Å². The highest BCUT2D eigenvalue weighted by molar-refractivity contribution is 6.33. The van der Waals surface area contributed by atoms with Crippen molar-refractivity contribution in [2.75, 3.05) is 5.73 Å². The molecule has 90 valence electrons. The van der Waals surface area contributed by atoms with E-state index in [0.717, 1.165) is 16.6 Å². The fourth-order valence-electron chi connectivity index (χ4n) is 1.85. The van der Waals surface area contributed by atoms with Crippen LogP contribution in [0.5, 0.6) is 0 Å². The minimum atomic E-state index is 0.514. The van der Waals surface area contributed by atoms with E-state index in [9.17, 15) is 0 Å². The Morgan fingerprint density at radius 2 is 2.00 bits per heavy atom. The van der Waals surface area contributed by atoms with Gasteiger partial charge in [0.15, 0.2) is 5.58 Å². The van der Waals surface area contributed by atoms with Crippen LogP contribution in [-0.2, 0) is 0 Å². The number of anilines is 1. The highest BCUT2D eigenvalue weighted by atomic mass is 35.5. The number of oxazole rings is 1. The summed E-state index contributed by atoms with van der Waals surface area (Å²) in [7, 11) is 0. The van der Waals surface area contributed by atoms with Gasteiger partial charge in [-0.3, -0.25) is 0 Å². The quantitative estimate of drug-likeness (QED) is 0.670. The van der Waals surface area contributed by atoms with Gasteiger partial charge in [-0.05, 0) is 36.8 Å². The molecule has 1 aromatic heterocycles. The number of nitrogens with two attached hydrogens (primary N) is 1. The Hall–Kier alpha value is -2.00. The van der Waals surface area contributed by atoms with Crippen molar-refractivity contribution in [2.24, 2.45) is 0 Å². The summed E-state index contributed by atoms with van der Waals surface area (Å²) >= 11 is 6.20. The van der Waals surface area contributed by atoms with Crippen molar-refractivity contribution >= 4 is 28.4 Å².